The molecule has 64 valence electrons. The van der Waals surface area contributed by atoms with Crippen molar-refractivity contribution in [2.75, 3.05) is 13.6 Å². The van der Waals surface area contributed by atoms with Crippen LogP contribution in [0.5, 0.6) is 0 Å². The molecule has 1 aliphatic carbocycles. The van der Waals surface area contributed by atoms with E-state index in [1.54, 1.807) is 0 Å². The normalized spacial score (nSPS) is 44.7. The van der Waals surface area contributed by atoms with Crippen molar-refractivity contribution in [2.24, 2.45) is 11.8 Å². The summed E-state index contributed by atoms with van der Waals surface area (Å²) < 4.78 is 0. The fourth-order valence-corrected chi connectivity index (χ4v) is 3.14. The first-order valence-corrected chi connectivity index (χ1v) is 5.03. The average Bonchev–Trinajstić information content (AvgIpc) is 2.54. The van der Waals surface area contributed by atoms with Gasteiger partial charge >= 0.3 is 0 Å². The smallest absolute Gasteiger partial charge is 0.0124 e. The quantitative estimate of drug-likeness (QED) is 0.558. The van der Waals surface area contributed by atoms with E-state index in [2.05, 4.69) is 18.9 Å². The molecule has 3 unspecified atom stereocenters. The lowest BCUT2D eigenvalue weighted by Crippen LogP contribution is -2.25. The van der Waals surface area contributed by atoms with E-state index in [0.29, 0.717) is 0 Å². The molecule has 1 saturated heterocycles. The Morgan fingerprint density at radius 3 is 2.91 bits per heavy atom. The van der Waals surface area contributed by atoms with Crippen molar-refractivity contribution in [3.8, 4) is 0 Å². The highest BCUT2D eigenvalue weighted by Gasteiger charge is 2.41. The number of likely N-dealkylation sites (tertiary alicyclic amines) is 1. The molecule has 0 spiro atoms. The summed E-state index contributed by atoms with van der Waals surface area (Å²) >= 11 is 0. The van der Waals surface area contributed by atoms with Crippen LogP contribution in [0, 0.1) is 11.8 Å². The molecule has 0 amide bonds. The van der Waals surface area contributed by atoms with E-state index in [1.165, 1.54) is 32.2 Å². The Morgan fingerprint density at radius 1 is 1.36 bits per heavy atom. The van der Waals surface area contributed by atoms with E-state index < -0.39 is 0 Å². The first kappa shape index (κ1) is 7.60. The molecule has 1 saturated carbocycles. The van der Waals surface area contributed by atoms with E-state index in [-0.39, 0.29) is 0 Å². The maximum absolute atomic E-state index is 2.59. The van der Waals surface area contributed by atoms with Gasteiger partial charge in [-0.15, -0.1) is 0 Å². The molecule has 0 aromatic heterocycles. The van der Waals surface area contributed by atoms with Gasteiger partial charge in [-0.05, 0) is 31.7 Å². The van der Waals surface area contributed by atoms with E-state index in [9.17, 15) is 0 Å². The second-order valence-electron chi connectivity index (χ2n) is 4.27. The molecule has 2 fully saturated rings. The van der Waals surface area contributed by atoms with Gasteiger partial charge in [-0.1, -0.05) is 19.8 Å². The molecular formula is C10H19N. The Hall–Kier alpha value is -0.0400. The Labute approximate surface area is 69.8 Å². The minimum absolute atomic E-state index is 0.958. The topological polar surface area (TPSA) is 3.24 Å². The molecule has 1 aliphatic heterocycles. The van der Waals surface area contributed by atoms with Gasteiger partial charge in [0.15, 0.2) is 0 Å². The van der Waals surface area contributed by atoms with Crippen LogP contribution in [0.25, 0.3) is 0 Å². The highest BCUT2D eigenvalue weighted by atomic mass is 15.2. The predicted octanol–water partition coefficient (Wildman–Crippen LogP) is 2.13. The summed E-state index contributed by atoms with van der Waals surface area (Å²) in [7, 11) is 2.30. The zero-order valence-corrected chi connectivity index (χ0v) is 7.71. The first-order chi connectivity index (χ1) is 5.33. The van der Waals surface area contributed by atoms with Crippen LogP contribution >= 0.6 is 0 Å². The van der Waals surface area contributed by atoms with Gasteiger partial charge in [-0.2, -0.15) is 0 Å². The Kier molecular flexibility index (Phi) is 1.92. The zero-order valence-electron chi connectivity index (χ0n) is 7.71. The molecule has 11 heavy (non-hydrogen) atoms. The molecule has 2 aliphatic rings. The standard InChI is InChI=1S/C10H19N/c1-3-8-7-11(2)10-6-4-5-9(8)10/h8-10H,3-7H2,1-2H3. The summed E-state index contributed by atoms with van der Waals surface area (Å²) in [6.45, 7) is 3.71. The molecule has 0 aromatic carbocycles. The fourth-order valence-electron chi connectivity index (χ4n) is 3.14. The summed E-state index contributed by atoms with van der Waals surface area (Å²) in [5.74, 6) is 2.08. The molecule has 2 rings (SSSR count). The van der Waals surface area contributed by atoms with Gasteiger partial charge in [0.05, 0.1) is 0 Å². The van der Waals surface area contributed by atoms with Gasteiger partial charge in [-0.3, -0.25) is 0 Å². The van der Waals surface area contributed by atoms with Crippen LogP contribution in [0.2, 0.25) is 0 Å². The van der Waals surface area contributed by atoms with Crippen molar-refractivity contribution >= 4 is 0 Å². The van der Waals surface area contributed by atoms with Crippen molar-refractivity contribution in [1.29, 1.82) is 0 Å². The van der Waals surface area contributed by atoms with Crippen LogP contribution in [0.4, 0.5) is 0 Å². The Bertz CT molecular complexity index is 144. The lowest BCUT2D eigenvalue weighted by atomic mass is 9.91. The average molecular weight is 153 g/mol. The number of hydrogen-bond acceptors (Lipinski definition) is 1. The third kappa shape index (κ3) is 1.10. The highest BCUT2D eigenvalue weighted by molar-refractivity contribution is 4.94. The molecule has 0 N–H and O–H groups in total. The number of rotatable bonds is 1. The van der Waals surface area contributed by atoms with Crippen molar-refractivity contribution in [1.82, 2.24) is 4.90 Å². The van der Waals surface area contributed by atoms with Crippen LogP contribution in [0.1, 0.15) is 32.6 Å². The van der Waals surface area contributed by atoms with Gasteiger partial charge in [0.25, 0.3) is 0 Å². The van der Waals surface area contributed by atoms with Gasteiger partial charge in [0.1, 0.15) is 0 Å². The van der Waals surface area contributed by atoms with Crippen LogP contribution in [0.3, 0.4) is 0 Å². The maximum Gasteiger partial charge on any atom is 0.0124 e. The van der Waals surface area contributed by atoms with Crippen molar-refractivity contribution in [3.05, 3.63) is 0 Å². The van der Waals surface area contributed by atoms with Gasteiger partial charge in [0, 0.05) is 12.6 Å². The molecule has 0 bridgehead atoms. The molecule has 1 heterocycles. The SMILES string of the molecule is CCC1CN(C)C2CCCC12. The van der Waals surface area contributed by atoms with E-state index in [4.69, 9.17) is 0 Å². The predicted molar refractivity (Wildman–Crippen MR) is 47.5 cm³/mol. The molecule has 0 radical (unpaired) electrons. The second kappa shape index (κ2) is 2.78. The monoisotopic (exact) mass is 153 g/mol. The minimum atomic E-state index is 0.958. The van der Waals surface area contributed by atoms with Crippen molar-refractivity contribution in [3.63, 3.8) is 0 Å². The summed E-state index contributed by atoms with van der Waals surface area (Å²) in [6, 6.07) is 0.958. The van der Waals surface area contributed by atoms with Crippen LogP contribution in [-0.2, 0) is 0 Å². The summed E-state index contributed by atoms with van der Waals surface area (Å²) in [4.78, 5) is 2.59. The Morgan fingerprint density at radius 2 is 2.18 bits per heavy atom. The minimum Gasteiger partial charge on any atom is -0.303 e. The zero-order chi connectivity index (χ0) is 7.84. The largest absolute Gasteiger partial charge is 0.303 e. The van der Waals surface area contributed by atoms with E-state index in [1.807, 2.05) is 0 Å². The summed E-state index contributed by atoms with van der Waals surface area (Å²) in [5.41, 5.74) is 0. The van der Waals surface area contributed by atoms with Crippen LogP contribution < -0.4 is 0 Å². The third-order valence-electron chi connectivity index (χ3n) is 3.75. The lowest BCUT2D eigenvalue weighted by Gasteiger charge is -2.17. The summed E-state index contributed by atoms with van der Waals surface area (Å²) in [5, 5.41) is 0. The fraction of sp³-hybridized carbons (Fsp3) is 1.00. The van der Waals surface area contributed by atoms with Crippen LogP contribution in [-0.4, -0.2) is 24.5 Å². The molecule has 1 nitrogen and oxygen atoms in total. The number of fused-ring (bicyclic) bond motifs is 1. The van der Waals surface area contributed by atoms with Crippen molar-refractivity contribution < 1.29 is 0 Å². The molecule has 3 atom stereocenters. The third-order valence-corrected chi connectivity index (χ3v) is 3.75. The highest BCUT2D eigenvalue weighted by Crippen LogP contribution is 2.41. The first-order valence-electron chi connectivity index (χ1n) is 5.03. The van der Waals surface area contributed by atoms with E-state index in [0.717, 1.165) is 17.9 Å². The van der Waals surface area contributed by atoms with Gasteiger partial charge < -0.3 is 4.90 Å². The number of hydrogen-bond donors (Lipinski definition) is 0. The molecular weight excluding hydrogens is 134 g/mol. The Balaban J connectivity index is 2.07. The second-order valence-corrected chi connectivity index (χ2v) is 4.27. The molecule has 1 heteroatoms. The molecule has 0 aromatic rings. The van der Waals surface area contributed by atoms with Crippen LogP contribution in [0.15, 0.2) is 0 Å². The van der Waals surface area contributed by atoms with Gasteiger partial charge in [-0.25, -0.2) is 0 Å². The number of nitrogens with zero attached hydrogens (tertiary/aromatic N) is 1. The van der Waals surface area contributed by atoms with Crippen molar-refractivity contribution in [2.45, 2.75) is 38.6 Å². The van der Waals surface area contributed by atoms with Gasteiger partial charge in [0.2, 0.25) is 0 Å². The summed E-state index contributed by atoms with van der Waals surface area (Å²) in [6.07, 6.45) is 5.85. The van der Waals surface area contributed by atoms with E-state index >= 15 is 0 Å². The lowest BCUT2D eigenvalue weighted by molar-refractivity contribution is 0.294. The maximum atomic E-state index is 2.59.